The fourth-order valence-electron chi connectivity index (χ4n) is 5.55. The normalized spacial score (nSPS) is 20.1. The molecule has 1 saturated carbocycles. The lowest BCUT2D eigenvalue weighted by Crippen LogP contribution is -2.62. The second-order valence-corrected chi connectivity index (χ2v) is 17.2. The number of rotatable bonds is 11. The Hall–Kier alpha value is -3.91. The summed E-state index contributed by atoms with van der Waals surface area (Å²) in [5, 5.41) is 5.84. The molecule has 1 aliphatic heterocycles. The molecule has 0 unspecified atom stereocenters. The molecule has 3 N–H and O–H groups in total. The van der Waals surface area contributed by atoms with E-state index in [1.165, 1.54) is 17.9 Å². The quantitative estimate of drug-likeness (QED) is 0.287. The third-order valence-corrected chi connectivity index (χ3v) is 10.4. The molecular formula is C34H46ClN5O8S. The van der Waals surface area contributed by atoms with Crippen molar-refractivity contribution in [3.05, 3.63) is 48.1 Å². The first-order valence-corrected chi connectivity index (χ1v) is 18.1. The van der Waals surface area contributed by atoms with Crippen LogP contribution in [0.25, 0.3) is 10.9 Å². The van der Waals surface area contributed by atoms with Crippen LogP contribution >= 0.6 is 11.6 Å². The first-order valence-electron chi connectivity index (χ1n) is 16.1. The maximum Gasteiger partial charge on any atom is 0.408 e. The molecule has 1 aliphatic carbocycles. The number of hydrogen-bond acceptors (Lipinski definition) is 9. The zero-order valence-corrected chi connectivity index (χ0v) is 30.5. The Bertz CT molecular complexity index is 1730. The van der Waals surface area contributed by atoms with E-state index < -0.39 is 73.8 Å². The first kappa shape index (κ1) is 37.9. The minimum absolute atomic E-state index is 0.00396. The molecule has 0 bridgehead atoms. The van der Waals surface area contributed by atoms with Gasteiger partial charge in [-0.25, -0.2) is 13.2 Å². The van der Waals surface area contributed by atoms with E-state index in [-0.39, 0.29) is 19.4 Å². The SMILES string of the molecule is C=CC[C@@](C)(NC(=O)[C@@H]1C[C@@H](Oc2cccc3c(Cl)ccnc23)CN1C(=O)[C@@H](NC(=O)OC(C)(C)C)C(C)(C)C)C(=O)NS(=O)(=O)C1CC1. The number of fused-ring (bicyclic) bond motifs is 1. The van der Waals surface area contributed by atoms with Gasteiger partial charge < -0.3 is 25.0 Å². The van der Waals surface area contributed by atoms with Crippen LogP contribution in [0.1, 0.15) is 74.1 Å². The third kappa shape index (κ3) is 9.21. The van der Waals surface area contributed by atoms with Crippen molar-refractivity contribution >= 4 is 56.3 Å². The van der Waals surface area contributed by atoms with Crippen LogP contribution in [-0.2, 0) is 29.1 Å². The van der Waals surface area contributed by atoms with Gasteiger partial charge in [-0.15, -0.1) is 6.58 Å². The average Bonchev–Trinajstić information content (AvgIpc) is 3.76. The highest BCUT2D eigenvalue weighted by molar-refractivity contribution is 7.91. The van der Waals surface area contributed by atoms with Crippen LogP contribution in [0.4, 0.5) is 4.79 Å². The predicted octanol–water partition coefficient (Wildman–Crippen LogP) is 4.24. The number of alkyl carbamates (subject to hydrolysis) is 1. The molecule has 15 heteroatoms. The van der Waals surface area contributed by atoms with Crippen molar-refractivity contribution in [2.45, 2.75) is 109 Å². The van der Waals surface area contributed by atoms with Crippen LogP contribution in [-0.4, -0.2) is 83.2 Å². The van der Waals surface area contributed by atoms with Crippen molar-refractivity contribution in [3.8, 4) is 5.75 Å². The Morgan fingerprint density at radius 2 is 1.78 bits per heavy atom. The Morgan fingerprint density at radius 3 is 2.37 bits per heavy atom. The van der Waals surface area contributed by atoms with Gasteiger partial charge in [-0.05, 0) is 64.5 Å². The lowest BCUT2D eigenvalue weighted by molar-refractivity contribution is -0.143. The smallest absolute Gasteiger partial charge is 0.408 e. The van der Waals surface area contributed by atoms with E-state index in [1.54, 1.807) is 72.0 Å². The highest BCUT2D eigenvalue weighted by Gasteiger charge is 2.48. The van der Waals surface area contributed by atoms with Gasteiger partial charge in [0.05, 0.1) is 16.8 Å². The van der Waals surface area contributed by atoms with Crippen molar-refractivity contribution in [2.75, 3.05) is 6.54 Å². The van der Waals surface area contributed by atoms with Gasteiger partial charge >= 0.3 is 6.09 Å². The summed E-state index contributed by atoms with van der Waals surface area (Å²) in [6, 6.07) is 4.61. The third-order valence-electron chi connectivity index (χ3n) is 8.25. The number of nitrogens with zero attached hydrogens (tertiary/aromatic N) is 2. The average molecular weight is 720 g/mol. The molecule has 4 atom stereocenters. The van der Waals surface area contributed by atoms with E-state index in [4.69, 9.17) is 21.1 Å². The molecule has 0 radical (unpaired) electrons. The van der Waals surface area contributed by atoms with E-state index in [9.17, 15) is 27.6 Å². The number of halogens is 1. The van der Waals surface area contributed by atoms with Gasteiger partial charge in [-0.3, -0.25) is 24.1 Å². The predicted molar refractivity (Wildman–Crippen MR) is 185 cm³/mol. The van der Waals surface area contributed by atoms with Crippen LogP contribution in [0.15, 0.2) is 43.1 Å². The van der Waals surface area contributed by atoms with E-state index in [0.717, 1.165) is 0 Å². The monoisotopic (exact) mass is 719 g/mol. The fraction of sp³-hybridized carbons (Fsp3) is 0.559. The summed E-state index contributed by atoms with van der Waals surface area (Å²) >= 11 is 6.38. The number of ether oxygens (including phenoxy) is 2. The molecule has 4 amide bonds. The molecule has 0 spiro atoms. The number of sulfonamides is 1. The number of pyridine rings is 1. The van der Waals surface area contributed by atoms with Gasteiger partial charge in [0.1, 0.15) is 40.6 Å². The molecule has 4 rings (SSSR count). The summed E-state index contributed by atoms with van der Waals surface area (Å²) in [5.41, 5.74) is -2.88. The van der Waals surface area contributed by atoms with Crippen molar-refractivity contribution < 1.29 is 37.1 Å². The van der Waals surface area contributed by atoms with Crippen molar-refractivity contribution in [1.29, 1.82) is 0 Å². The molecule has 2 aliphatic rings. The summed E-state index contributed by atoms with van der Waals surface area (Å²) in [6.45, 7) is 15.4. The van der Waals surface area contributed by atoms with Crippen molar-refractivity contribution in [3.63, 3.8) is 0 Å². The second kappa shape index (κ2) is 14.1. The standard InChI is InChI=1S/C34H46ClN5O8S/c1-9-16-34(8,30(43)39-49(45,46)21-13-14-21)38-28(41)24-18-20(47-25-12-10-11-22-23(35)15-17-36-26(22)25)19-40(24)29(42)27(32(2,3)4)37-31(44)48-33(5,6)7/h9-12,15,17,20-21,24,27H,1,13-14,16,18-19H2,2-8H3,(H,37,44)(H,38,41)(H,39,43)/t20-,24+,27-,34-/m1/s1. The Morgan fingerprint density at radius 1 is 1.10 bits per heavy atom. The molecule has 1 aromatic carbocycles. The summed E-state index contributed by atoms with van der Waals surface area (Å²) < 4.78 is 39.1. The number of carbonyl (C=O) groups excluding carboxylic acids is 4. The van der Waals surface area contributed by atoms with Crippen LogP contribution in [0.3, 0.4) is 0 Å². The van der Waals surface area contributed by atoms with Crippen LogP contribution in [0.5, 0.6) is 5.75 Å². The Balaban J connectivity index is 1.67. The topological polar surface area (TPSA) is 173 Å². The van der Waals surface area contributed by atoms with Crippen LogP contribution in [0.2, 0.25) is 5.02 Å². The van der Waals surface area contributed by atoms with E-state index in [2.05, 4.69) is 26.9 Å². The van der Waals surface area contributed by atoms with E-state index in [0.29, 0.717) is 34.5 Å². The number of benzene rings is 1. The Labute approximate surface area is 292 Å². The van der Waals surface area contributed by atoms with Gasteiger partial charge in [0.2, 0.25) is 21.8 Å². The van der Waals surface area contributed by atoms with Crippen LogP contribution in [0, 0.1) is 5.41 Å². The summed E-state index contributed by atoms with van der Waals surface area (Å²) in [5.74, 6) is -1.82. The fourth-order valence-corrected chi connectivity index (χ4v) is 7.17. The van der Waals surface area contributed by atoms with E-state index >= 15 is 0 Å². The number of para-hydroxylation sites is 1. The molecule has 2 heterocycles. The maximum absolute atomic E-state index is 14.4. The lowest BCUT2D eigenvalue weighted by atomic mass is 9.85. The number of amides is 4. The lowest BCUT2D eigenvalue weighted by Gasteiger charge is -2.36. The number of nitrogens with one attached hydrogen (secondary N) is 3. The van der Waals surface area contributed by atoms with Gasteiger partial charge in [0.25, 0.3) is 5.91 Å². The summed E-state index contributed by atoms with van der Waals surface area (Å²) in [4.78, 5) is 60.5. The van der Waals surface area contributed by atoms with Gasteiger partial charge in [0, 0.05) is 18.0 Å². The highest BCUT2D eigenvalue weighted by atomic mass is 35.5. The second-order valence-electron chi connectivity index (χ2n) is 14.9. The number of carbonyl (C=O) groups is 4. The minimum atomic E-state index is -3.92. The molecule has 2 aromatic rings. The summed E-state index contributed by atoms with van der Waals surface area (Å²) in [7, 11) is -3.92. The molecule has 49 heavy (non-hydrogen) atoms. The number of aromatic nitrogens is 1. The zero-order valence-electron chi connectivity index (χ0n) is 29.0. The van der Waals surface area contributed by atoms with Gasteiger partial charge in [-0.2, -0.15) is 0 Å². The minimum Gasteiger partial charge on any atom is -0.486 e. The van der Waals surface area contributed by atoms with Crippen molar-refractivity contribution in [2.24, 2.45) is 5.41 Å². The van der Waals surface area contributed by atoms with E-state index in [1.807, 2.05) is 0 Å². The highest BCUT2D eigenvalue weighted by Crippen LogP contribution is 2.33. The molecule has 2 fully saturated rings. The molecule has 1 saturated heterocycles. The number of hydrogen-bond donors (Lipinski definition) is 3. The van der Waals surface area contributed by atoms with Gasteiger partial charge in [-0.1, -0.05) is 50.6 Å². The first-order chi connectivity index (χ1) is 22.6. The maximum atomic E-state index is 14.4. The summed E-state index contributed by atoms with van der Waals surface area (Å²) in [6.07, 6.45) is 2.21. The molecule has 13 nitrogen and oxygen atoms in total. The molecule has 268 valence electrons. The Kier molecular flexibility index (Phi) is 10.9. The van der Waals surface area contributed by atoms with Crippen molar-refractivity contribution in [1.82, 2.24) is 25.2 Å². The molecule has 1 aromatic heterocycles. The van der Waals surface area contributed by atoms with Crippen LogP contribution < -0.4 is 20.1 Å². The largest absolute Gasteiger partial charge is 0.486 e. The number of likely N-dealkylation sites (tertiary alicyclic amines) is 1. The molecular weight excluding hydrogens is 674 g/mol. The zero-order chi connectivity index (χ0) is 36.5. The van der Waals surface area contributed by atoms with Gasteiger partial charge in [0.15, 0.2) is 0 Å².